The second-order valence-corrected chi connectivity index (χ2v) is 9.22. The van der Waals surface area contributed by atoms with Crippen LogP contribution in [0.3, 0.4) is 0 Å². The van der Waals surface area contributed by atoms with E-state index in [0.717, 1.165) is 29.5 Å². The molecule has 0 spiro atoms. The second-order valence-electron chi connectivity index (χ2n) is 9.22. The molecule has 4 rings (SSSR count). The van der Waals surface area contributed by atoms with Crippen molar-refractivity contribution in [2.24, 2.45) is 0 Å². The molecule has 36 heavy (non-hydrogen) atoms. The number of methoxy groups -OCH3 is 2. The molecule has 1 saturated heterocycles. The van der Waals surface area contributed by atoms with Gasteiger partial charge in [-0.25, -0.2) is 0 Å². The highest BCUT2D eigenvalue weighted by molar-refractivity contribution is 5.95. The highest BCUT2D eigenvalue weighted by atomic mass is 16.5. The molecule has 3 aromatic rings. The zero-order valence-corrected chi connectivity index (χ0v) is 21.3. The molecule has 0 aliphatic carbocycles. The summed E-state index contributed by atoms with van der Waals surface area (Å²) in [5, 5.41) is 0. The minimum atomic E-state index is -0.779. The van der Waals surface area contributed by atoms with E-state index in [4.69, 9.17) is 9.47 Å². The molecule has 1 heterocycles. The lowest BCUT2D eigenvalue weighted by molar-refractivity contribution is -0.145. The van der Waals surface area contributed by atoms with Gasteiger partial charge in [0.15, 0.2) is 11.5 Å². The van der Waals surface area contributed by atoms with E-state index in [1.165, 1.54) is 0 Å². The number of nitrogens with zero attached hydrogens (tertiary/aromatic N) is 2. The molecule has 2 amide bonds. The normalized spacial score (nSPS) is 14.9. The maximum atomic E-state index is 14.0. The summed E-state index contributed by atoms with van der Waals surface area (Å²) in [5.74, 6) is 1.27. The fourth-order valence-corrected chi connectivity index (χ4v) is 5.05. The lowest BCUT2D eigenvalue weighted by Gasteiger charge is -2.42. The summed E-state index contributed by atoms with van der Waals surface area (Å²) in [6, 6.07) is 25.7. The first-order valence-corrected chi connectivity index (χ1v) is 12.3. The Hall–Kier alpha value is -3.80. The molecular formula is C30H34N2O4. The van der Waals surface area contributed by atoms with Crippen molar-refractivity contribution in [3.8, 4) is 11.5 Å². The number of carbonyl (C=O) groups excluding carboxylic acids is 2. The highest BCUT2D eigenvalue weighted by Crippen LogP contribution is 2.41. The molecule has 0 N–H and O–H groups in total. The first-order chi connectivity index (χ1) is 17.5. The van der Waals surface area contributed by atoms with Crippen LogP contribution in [0, 0.1) is 0 Å². The molecule has 188 valence electrons. The van der Waals surface area contributed by atoms with Crippen molar-refractivity contribution in [2.75, 3.05) is 40.9 Å². The summed E-state index contributed by atoms with van der Waals surface area (Å²) in [7, 11) is 5.01. The van der Waals surface area contributed by atoms with Crippen LogP contribution >= 0.6 is 0 Å². The van der Waals surface area contributed by atoms with E-state index in [1.807, 2.05) is 78.9 Å². The number of amides is 2. The number of ether oxygens (including phenoxy) is 2. The van der Waals surface area contributed by atoms with E-state index < -0.39 is 5.41 Å². The second kappa shape index (κ2) is 11.3. The van der Waals surface area contributed by atoms with E-state index in [2.05, 4.69) is 0 Å². The van der Waals surface area contributed by atoms with Crippen molar-refractivity contribution in [3.05, 3.63) is 95.6 Å². The van der Waals surface area contributed by atoms with Gasteiger partial charge in [0.05, 0.1) is 26.2 Å². The van der Waals surface area contributed by atoms with Gasteiger partial charge in [0.2, 0.25) is 11.8 Å². The van der Waals surface area contributed by atoms with Gasteiger partial charge in [0.25, 0.3) is 0 Å². The molecule has 1 aliphatic rings. The summed E-state index contributed by atoms with van der Waals surface area (Å²) in [6.45, 7) is 1.19. The van der Waals surface area contributed by atoms with E-state index >= 15 is 0 Å². The van der Waals surface area contributed by atoms with Crippen LogP contribution in [0.5, 0.6) is 11.5 Å². The smallest absolute Gasteiger partial charge is 0.241 e. The van der Waals surface area contributed by atoms with Gasteiger partial charge in [-0.1, -0.05) is 66.7 Å². The Bertz CT molecular complexity index is 1140. The van der Waals surface area contributed by atoms with Crippen molar-refractivity contribution >= 4 is 11.8 Å². The number of benzene rings is 3. The quantitative estimate of drug-likeness (QED) is 0.452. The average Bonchev–Trinajstić information content (AvgIpc) is 2.93. The largest absolute Gasteiger partial charge is 0.493 e. The van der Waals surface area contributed by atoms with Crippen LogP contribution < -0.4 is 9.47 Å². The van der Waals surface area contributed by atoms with Crippen molar-refractivity contribution in [3.63, 3.8) is 0 Å². The molecule has 6 nitrogen and oxygen atoms in total. The predicted octanol–water partition coefficient (Wildman–Crippen LogP) is 4.31. The molecular weight excluding hydrogens is 452 g/mol. The zero-order valence-electron chi connectivity index (χ0n) is 21.3. The third-order valence-corrected chi connectivity index (χ3v) is 7.10. The highest BCUT2D eigenvalue weighted by Gasteiger charge is 2.47. The number of likely N-dealkylation sites (tertiary alicyclic amines) is 1. The van der Waals surface area contributed by atoms with Crippen LogP contribution in [0.1, 0.15) is 29.5 Å². The Morgan fingerprint density at radius 1 is 0.917 bits per heavy atom. The first-order valence-electron chi connectivity index (χ1n) is 12.3. The summed E-state index contributed by atoms with van der Waals surface area (Å²) in [5.41, 5.74) is 2.22. The van der Waals surface area contributed by atoms with Crippen molar-refractivity contribution in [1.29, 1.82) is 0 Å². The molecule has 0 aromatic heterocycles. The van der Waals surface area contributed by atoms with Crippen LogP contribution in [0.15, 0.2) is 78.9 Å². The van der Waals surface area contributed by atoms with Gasteiger partial charge in [-0.3, -0.25) is 9.59 Å². The van der Waals surface area contributed by atoms with Gasteiger partial charge in [-0.05, 0) is 48.1 Å². The van der Waals surface area contributed by atoms with Gasteiger partial charge < -0.3 is 19.3 Å². The van der Waals surface area contributed by atoms with Gasteiger partial charge in [0, 0.05) is 20.1 Å². The van der Waals surface area contributed by atoms with Gasteiger partial charge >= 0.3 is 0 Å². The summed E-state index contributed by atoms with van der Waals surface area (Å²) >= 11 is 0. The number of rotatable bonds is 9. The Morgan fingerprint density at radius 2 is 1.53 bits per heavy atom. The monoisotopic (exact) mass is 486 g/mol. The molecule has 6 heteroatoms. The summed E-state index contributed by atoms with van der Waals surface area (Å²) < 4.78 is 10.7. The number of hydrogen-bond donors (Lipinski definition) is 0. The number of likely N-dealkylation sites (N-methyl/N-ethyl adjacent to an activating group) is 1. The summed E-state index contributed by atoms with van der Waals surface area (Å²) in [4.78, 5) is 30.7. The van der Waals surface area contributed by atoms with Crippen molar-refractivity contribution < 1.29 is 19.1 Å². The molecule has 0 saturated carbocycles. The molecule has 0 bridgehead atoms. The van der Waals surface area contributed by atoms with Crippen LogP contribution in [0.4, 0.5) is 0 Å². The average molecular weight is 487 g/mol. The summed E-state index contributed by atoms with van der Waals surface area (Å²) in [6.07, 6.45) is 2.23. The van der Waals surface area contributed by atoms with Crippen molar-refractivity contribution in [1.82, 2.24) is 9.80 Å². The Morgan fingerprint density at radius 3 is 2.11 bits per heavy atom. The molecule has 1 fully saturated rings. The number of piperidine rings is 1. The van der Waals surface area contributed by atoms with Crippen LogP contribution in [-0.2, 0) is 21.4 Å². The third kappa shape index (κ3) is 5.08. The zero-order chi connectivity index (χ0) is 25.5. The van der Waals surface area contributed by atoms with Gasteiger partial charge in [-0.15, -0.1) is 0 Å². The Kier molecular flexibility index (Phi) is 7.93. The fourth-order valence-electron chi connectivity index (χ4n) is 5.05. The maximum absolute atomic E-state index is 14.0. The SMILES string of the molecule is COc1ccc(CCN(C)C(=O)CN2CCCC(c3ccccc3)(c3ccccc3)C2=O)cc1OC. The maximum Gasteiger partial charge on any atom is 0.241 e. The predicted molar refractivity (Wildman–Crippen MR) is 140 cm³/mol. The van der Waals surface area contributed by atoms with Crippen molar-refractivity contribution in [2.45, 2.75) is 24.7 Å². The first kappa shape index (κ1) is 25.3. The Balaban J connectivity index is 1.48. The third-order valence-electron chi connectivity index (χ3n) is 7.10. The fraction of sp³-hybridized carbons (Fsp3) is 0.333. The standard InChI is InChI=1S/C30H34N2O4/c1-31(20-17-23-15-16-26(35-2)27(21-23)36-3)28(33)22-32-19-10-18-30(29(32)34,24-11-6-4-7-12-24)25-13-8-5-9-14-25/h4-9,11-16,21H,10,17-20,22H2,1-3H3. The lowest BCUT2D eigenvalue weighted by Crippen LogP contribution is -2.54. The molecule has 0 radical (unpaired) electrons. The Labute approximate surface area is 213 Å². The number of hydrogen-bond acceptors (Lipinski definition) is 4. The lowest BCUT2D eigenvalue weighted by atomic mass is 9.68. The van der Waals surface area contributed by atoms with Crippen LogP contribution in [0.25, 0.3) is 0 Å². The topological polar surface area (TPSA) is 59.1 Å². The van der Waals surface area contributed by atoms with E-state index in [9.17, 15) is 9.59 Å². The van der Waals surface area contributed by atoms with E-state index in [0.29, 0.717) is 31.0 Å². The molecule has 0 unspecified atom stereocenters. The van der Waals surface area contributed by atoms with Crippen LogP contribution in [-0.4, -0.2) is 62.5 Å². The minimum absolute atomic E-state index is 0.00668. The van der Waals surface area contributed by atoms with E-state index in [-0.39, 0.29) is 18.4 Å². The molecule has 0 atom stereocenters. The van der Waals surface area contributed by atoms with Gasteiger partial charge in [-0.2, -0.15) is 0 Å². The molecule has 3 aromatic carbocycles. The minimum Gasteiger partial charge on any atom is -0.493 e. The van der Waals surface area contributed by atoms with E-state index in [1.54, 1.807) is 31.1 Å². The van der Waals surface area contributed by atoms with Crippen LogP contribution in [0.2, 0.25) is 0 Å². The van der Waals surface area contributed by atoms with Gasteiger partial charge in [0.1, 0.15) is 0 Å². The number of carbonyl (C=O) groups is 2. The molecule has 1 aliphatic heterocycles.